The Balaban J connectivity index is 2.36. The molecule has 0 aliphatic carbocycles. The number of carbonyl (C=O) groups excluding carboxylic acids is 1. The molecule has 1 amide bonds. The van der Waals surface area contributed by atoms with Gasteiger partial charge in [0.1, 0.15) is 0 Å². The minimum Gasteiger partial charge on any atom is -0.376 e. The molecule has 0 bridgehead atoms. The minimum absolute atomic E-state index is 0.164. The van der Waals surface area contributed by atoms with Crippen LogP contribution in [-0.2, 0) is 17.8 Å². The fraction of sp³-hybridized carbons (Fsp3) is 0.500. The van der Waals surface area contributed by atoms with Gasteiger partial charge in [-0.2, -0.15) is 5.10 Å². The van der Waals surface area contributed by atoms with Crippen LogP contribution in [0, 0.1) is 0 Å². The third-order valence-corrected chi connectivity index (χ3v) is 2.14. The molecule has 5 nitrogen and oxygen atoms in total. The number of H-pyrrole nitrogens is 1. The van der Waals surface area contributed by atoms with E-state index in [0.29, 0.717) is 18.9 Å². The van der Waals surface area contributed by atoms with Gasteiger partial charge in [0.2, 0.25) is 0 Å². The van der Waals surface area contributed by atoms with Crippen LogP contribution in [0.1, 0.15) is 21.7 Å². The molecule has 0 saturated heterocycles. The number of aromatic amines is 1. The SMILES string of the molecule is CNC(=O)c1n[nH]c2c1COCC2. The second-order valence-electron chi connectivity index (χ2n) is 2.91. The number of aromatic nitrogens is 2. The maximum absolute atomic E-state index is 11.3. The summed E-state index contributed by atoms with van der Waals surface area (Å²) in [6.45, 7) is 1.18. The van der Waals surface area contributed by atoms with E-state index in [4.69, 9.17) is 4.74 Å². The fourth-order valence-corrected chi connectivity index (χ4v) is 1.42. The van der Waals surface area contributed by atoms with E-state index in [1.165, 1.54) is 0 Å². The largest absolute Gasteiger partial charge is 0.376 e. The molecular weight excluding hydrogens is 170 g/mol. The van der Waals surface area contributed by atoms with E-state index >= 15 is 0 Å². The van der Waals surface area contributed by atoms with Gasteiger partial charge in [0.25, 0.3) is 5.91 Å². The molecule has 1 aromatic rings. The third kappa shape index (κ3) is 1.31. The van der Waals surface area contributed by atoms with Gasteiger partial charge < -0.3 is 10.1 Å². The Bertz CT molecular complexity index is 332. The van der Waals surface area contributed by atoms with Crippen molar-refractivity contribution in [2.75, 3.05) is 13.7 Å². The quantitative estimate of drug-likeness (QED) is 0.632. The van der Waals surface area contributed by atoms with E-state index in [2.05, 4.69) is 15.5 Å². The van der Waals surface area contributed by atoms with Gasteiger partial charge in [-0.05, 0) is 0 Å². The topological polar surface area (TPSA) is 67.0 Å². The number of hydrogen-bond donors (Lipinski definition) is 2. The highest BCUT2D eigenvalue weighted by atomic mass is 16.5. The summed E-state index contributed by atoms with van der Waals surface area (Å²) in [5.41, 5.74) is 2.37. The Morgan fingerprint density at radius 1 is 1.69 bits per heavy atom. The lowest BCUT2D eigenvalue weighted by atomic mass is 10.1. The monoisotopic (exact) mass is 181 g/mol. The second-order valence-corrected chi connectivity index (χ2v) is 2.91. The summed E-state index contributed by atoms with van der Waals surface area (Å²) >= 11 is 0. The van der Waals surface area contributed by atoms with Crippen LogP contribution in [0.3, 0.4) is 0 Å². The number of ether oxygens (including phenoxy) is 1. The number of carbonyl (C=O) groups is 1. The minimum atomic E-state index is -0.164. The van der Waals surface area contributed by atoms with Crippen molar-refractivity contribution in [2.45, 2.75) is 13.0 Å². The molecule has 0 radical (unpaired) electrons. The summed E-state index contributed by atoms with van der Waals surface area (Å²) in [4.78, 5) is 11.3. The maximum atomic E-state index is 11.3. The van der Waals surface area contributed by atoms with Gasteiger partial charge in [-0.15, -0.1) is 0 Å². The average molecular weight is 181 g/mol. The van der Waals surface area contributed by atoms with Crippen LogP contribution in [0.5, 0.6) is 0 Å². The van der Waals surface area contributed by atoms with Crippen LogP contribution in [0.2, 0.25) is 0 Å². The number of nitrogens with zero attached hydrogens (tertiary/aromatic N) is 1. The number of rotatable bonds is 1. The Hall–Kier alpha value is -1.36. The van der Waals surface area contributed by atoms with Crippen LogP contribution < -0.4 is 5.32 Å². The molecule has 1 aromatic heterocycles. The molecule has 70 valence electrons. The maximum Gasteiger partial charge on any atom is 0.271 e. The van der Waals surface area contributed by atoms with Gasteiger partial charge in [0, 0.05) is 24.7 Å². The van der Waals surface area contributed by atoms with E-state index in [1.54, 1.807) is 7.05 Å². The summed E-state index contributed by atoms with van der Waals surface area (Å²) in [5, 5.41) is 9.34. The first kappa shape index (κ1) is 8.25. The zero-order valence-corrected chi connectivity index (χ0v) is 7.39. The Morgan fingerprint density at radius 2 is 2.54 bits per heavy atom. The van der Waals surface area contributed by atoms with Crippen LogP contribution in [0.4, 0.5) is 0 Å². The Morgan fingerprint density at radius 3 is 3.31 bits per heavy atom. The molecule has 0 unspecified atom stereocenters. The molecule has 0 atom stereocenters. The smallest absolute Gasteiger partial charge is 0.271 e. The standard InChI is InChI=1S/C8H11N3O2/c1-9-8(12)7-5-4-13-3-2-6(5)10-11-7/h2-4H2,1H3,(H,9,12)(H,10,11). The zero-order valence-electron chi connectivity index (χ0n) is 7.39. The molecule has 2 rings (SSSR count). The number of hydrogen-bond acceptors (Lipinski definition) is 3. The first-order valence-electron chi connectivity index (χ1n) is 4.19. The number of amides is 1. The highest BCUT2D eigenvalue weighted by Crippen LogP contribution is 2.17. The fourth-order valence-electron chi connectivity index (χ4n) is 1.42. The number of fused-ring (bicyclic) bond motifs is 1. The van der Waals surface area contributed by atoms with E-state index in [0.717, 1.165) is 17.7 Å². The molecule has 1 aliphatic heterocycles. The number of nitrogens with one attached hydrogen (secondary N) is 2. The van der Waals surface area contributed by atoms with Gasteiger partial charge in [0.05, 0.1) is 13.2 Å². The average Bonchev–Trinajstić information content (AvgIpc) is 2.60. The van der Waals surface area contributed by atoms with Crippen molar-refractivity contribution >= 4 is 5.91 Å². The van der Waals surface area contributed by atoms with Gasteiger partial charge in [-0.1, -0.05) is 0 Å². The summed E-state index contributed by atoms with van der Waals surface area (Å²) in [6, 6.07) is 0. The van der Waals surface area contributed by atoms with Crippen molar-refractivity contribution in [1.29, 1.82) is 0 Å². The lowest BCUT2D eigenvalue weighted by molar-refractivity contribution is 0.0934. The zero-order chi connectivity index (χ0) is 9.26. The molecule has 2 heterocycles. The van der Waals surface area contributed by atoms with Crippen LogP contribution in [0.15, 0.2) is 0 Å². The predicted molar refractivity (Wildman–Crippen MR) is 45.3 cm³/mol. The highest BCUT2D eigenvalue weighted by molar-refractivity contribution is 5.93. The van der Waals surface area contributed by atoms with E-state index < -0.39 is 0 Å². The summed E-state index contributed by atoms with van der Waals surface area (Å²) < 4.78 is 5.25. The Labute approximate surface area is 75.5 Å². The molecule has 2 N–H and O–H groups in total. The lowest BCUT2D eigenvalue weighted by Crippen LogP contribution is -2.21. The van der Waals surface area contributed by atoms with Crippen molar-refractivity contribution in [3.63, 3.8) is 0 Å². The highest BCUT2D eigenvalue weighted by Gasteiger charge is 2.20. The first-order valence-corrected chi connectivity index (χ1v) is 4.19. The van der Waals surface area contributed by atoms with E-state index in [1.807, 2.05) is 0 Å². The van der Waals surface area contributed by atoms with Crippen molar-refractivity contribution in [2.24, 2.45) is 0 Å². The summed E-state index contributed by atoms with van der Waals surface area (Å²) in [7, 11) is 1.59. The molecule has 0 spiro atoms. The van der Waals surface area contributed by atoms with Crippen molar-refractivity contribution < 1.29 is 9.53 Å². The second kappa shape index (κ2) is 3.18. The molecule has 1 aliphatic rings. The first-order chi connectivity index (χ1) is 6.33. The van der Waals surface area contributed by atoms with E-state index in [-0.39, 0.29) is 5.91 Å². The van der Waals surface area contributed by atoms with Crippen LogP contribution in [-0.4, -0.2) is 29.8 Å². The van der Waals surface area contributed by atoms with Crippen molar-refractivity contribution in [1.82, 2.24) is 15.5 Å². The van der Waals surface area contributed by atoms with Gasteiger partial charge in [0.15, 0.2) is 5.69 Å². The van der Waals surface area contributed by atoms with Gasteiger partial charge >= 0.3 is 0 Å². The third-order valence-electron chi connectivity index (χ3n) is 2.14. The molecule has 0 saturated carbocycles. The summed E-state index contributed by atoms with van der Waals surface area (Å²) in [5.74, 6) is -0.164. The predicted octanol–water partition coefficient (Wildman–Crippen LogP) is -0.158. The normalized spacial score (nSPS) is 15.2. The lowest BCUT2D eigenvalue weighted by Gasteiger charge is -2.11. The van der Waals surface area contributed by atoms with Crippen molar-refractivity contribution in [3.8, 4) is 0 Å². The van der Waals surface area contributed by atoms with Crippen LogP contribution >= 0.6 is 0 Å². The van der Waals surface area contributed by atoms with Gasteiger partial charge in [-0.25, -0.2) is 0 Å². The summed E-state index contributed by atoms with van der Waals surface area (Å²) in [6.07, 6.45) is 0.805. The molecule has 5 heteroatoms. The molecular formula is C8H11N3O2. The van der Waals surface area contributed by atoms with E-state index in [9.17, 15) is 4.79 Å². The van der Waals surface area contributed by atoms with Crippen molar-refractivity contribution in [3.05, 3.63) is 17.0 Å². The molecule has 0 fully saturated rings. The van der Waals surface area contributed by atoms with Gasteiger partial charge in [-0.3, -0.25) is 9.89 Å². The molecule has 13 heavy (non-hydrogen) atoms. The van der Waals surface area contributed by atoms with Crippen LogP contribution in [0.25, 0.3) is 0 Å². The molecule has 0 aromatic carbocycles. The Kier molecular flexibility index (Phi) is 2.02.